The average Bonchev–Trinajstić information content (AvgIpc) is 3.90. The number of aromatic nitrogens is 1. The molecule has 1 unspecified atom stereocenters. The Hall–Kier alpha value is -4.49. The van der Waals surface area contributed by atoms with E-state index >= 15 is 0 Å². The van der Waals surface area contributed by atoms with Crippen LogP contribution in [0.3, 0.4) is 0 Å². The molecule has 4 aromatic rings. The van der Waals surface area contributed by atoms with Crippen LogP contribution in [0.25, 0.3) is 0 Å². The molecule has 0 radical (unpaired) electrons. The van der Waals surface area contributed by atoms with Crippen molar-refractivity contribution in [3.8, 4) is 0 Å². The van der Waals surface area contributed by atoms with Gasteiger partial charge in [0, 0.05) is 30.3 Å². The molecule has 0 bridgehead atoms. The van der Waals surface area contributed by atoms with Gasteiger partial charge in [0.25, 0.3) is 21.8 Å². The fourth-order valence-corrected chi connectivity index (χ4v) is 9.45. The van der Waals surface area contributed by atoms with Gasteiger partial charge in [-0.05, 0) is 104 Å². The smallest absolute Gasteiger partial charge is 0.346 e. The fourth-order valence-electron chi connectivity index (χ4n) is 7.44. The van der Waals surface area contributed by atoms with Crippen LogP contribution in [0.4, 0.5) is 23.2 Å². The second kappa shape index (κ2) is 12.7. The van der Waals surface area contributed by atoms with E-state index in [1.54, 1.807) is 41.3 Å². The average molecular weight is 727 g/mol. The van der Waals surface area contributed by atoms with Crippen molar-refractivity contribution in [2.75, 3.05) is 17.4 Å². The third kappa shape index (κ3) is 6.00. The number of sulfonamides is 1. The standard InChI is InChI=1S/C36H31ClF4N4O4S/c37-29-6-2-1-4-26(29)34(47)44-18-15-35(16-19-44)28-20-23(33(46)43-21-30-27(36(39,40)41)5-3-17-42-30)9-14-31(28)45(32(35)22-7-8-22)50(48,49)25-12-10-24(38)11-13-25/h1-6,9-14,17,20,22,32H,7-8,15-16,18-19,21H2,(H,43,46). The highest BCUT2D eigenvalue weighted by Crippen LogP contribution is 2.59. The van der Waals surface area contributed by atoms with E-state index < -0.39 is 51.5 Å². The Morgan fingerprint density at radius 3 is 2.32 bits per heavy atom. The van der Waals surface area contributed by atoms with Crippen LogP contribution in [0.1, 0.15) is 63.2 Å². The Morgan fingerprint density at radius 2 is 1.66 bits per heavy atom. The summed E-state index contributed by atoms with van der Waals surface area (Å²) in [4.78, 5) is 32.4. The number of halogens is 5. The number of rotatable bonds is 7. The first-order valence-corrected chi connectivity index (χ1v) is 17.9. The zero-order chi connectivity index (χ0) is 35.4. The quantitative estimate of drug-likeness (QED) is 0.207. The van der Waals surface area contributed by atoms with E-state index in [2.05, 4.69) is 10.3 Å². The van der Waals surface area contributed by atoms with Crippen molar-refractivity contribution in [2.45, 2.75) is 54.8 Å². The number of hydrogen-bond donors (Lipinski definition) is 1. The molecule has 3 heterocycles. The summed E-state index contributed by atoms with van der Waals surface area (Å²) in [6.07, 6.45) is -1.14. The monoisotopic (exact) mass is 726 g/mol. The lowest BCUT2D eigenvalue weighted by Gasteiger charge is -2.45. The van der Waals surface area contributed by atoms with E-state index in [-0.39, 0.29) is 41.1 Å². The van der Waals surface area contributed by atoms with Gasteiger partial charge in [0.05, 0.1) is 45.0 Å². The van der Waals surface area contributed by atoms with Gasteiger partial charge in [0.1, 0.15) is 5.82 Å². The highest BCUT2D eigenvalue weighted by atomic mass is 35.5. The minimum atomic E-state index is -4.66. The molecule has 3 aliphatic rings. The molecule has 3 aromatic carbocycles. The van der Waals surface area contributed by atoms with Crippen LogP contribution in [-0.4, -0.2) is 49.2 Å². The summed E-state index contributed by atoms with van der Waals surface area (Å²) in [5.74, 6) is -1.50. The molecular weight excluding hydrogens is 696 g/mol. The largest absolute Gasteiger partial charge is 0.418 e. The van der Waals surface area contributed by atoms with Crippen LogP contribution in [0, 0.1) is 11.7 Å². The molecule has 1 spiro atoms. The molecule has 1 N–H and O–H groups in total. The fraction of sp³-hybridized carbons (Fsp3) is 0.306. The molecule has 1 saturated heterocycles. The maximum absolute atomic E-state index is 14.4. The molecule has 1 aliphatic carbocycles. The van der Waals surface area contributed by atoms with E-state index in [9.17, 15) is 35.6 Å². The van der Waals surface area contributed by atoms with Gasteiger partial charge in [-0.2, -0.15) is 13.2 Å². The molecule has 1 atom stereocenters. The van der Waals surface area contributed by atoms with Gasteiger partial charge in [-0.15, -0.1) is 0 Å². The summed E-state index contributed by atoms with van der Waals surface area (Å²) in [5, 5.41) is 2.86. The summed E-state index contributed by atoms with van der Waals surface area (Å²) < 4.78 is 84.8. The number of benzene rings is 3. The highest BCUT2D eigenvalue weighted by Gasteiger charge is 2.60. The summed E-state index contributed by atoms with van der Waals surface area (Å²) in [5.41, 5.74) is -0.632. The topological polar surface area (TPSA) is 99.7 Å². The van der Waals surface area contributed by atoms with Crippen LogP contribution in [0.5, 0.6) is 0 Å². The lowest BCUT2D eigenvalue weighted by Crippen LogP contribution is -2.54. The molecular formula is C36H31ClF4N4O4S. The molecule has 260 valence electrons. The predicted octanol–water partition coefficient (Wildman–Crippen LogP) is 6.98. The number of pyridine rings is 1. The van der Waals surface area contributed by atoms with Crippen molar-refractivity contribution < 1.29 is 35.6 Å². The van der Waals surface area contributed by atoms with Gasteiger partial charge >= 0.3 is 6.18 Å². The number of piperidine rings is 1. The van der Waals surface area contributed by atoms with Gasteiger partial charge in [0.2, 0.25) is 0 Å². The molecule has 14 heteroatoms. The van der Waals surface area contributed by atoms with Gasteiger partial charge < -0.3 is 10.2 Å². The van der Waals surface area contributed by atoms with Crippen molar-refractivity contribution in [1.82, 2.24) is 15.2 Å². The van der Waals surface area contributed by atoms with E-state index in [1.807, 2.05) is 0 Å². The Labute approximate surface area is 291 Å². The number of amides is 2. The van der Waals surface area contributed by atoms with Crippen molar-refractivity contribution in [3.63, 3.8) is 0 Å². The van der Waals surface area contributed by atoms with Gasteiger partial charge in [-0.25, -0.2) is 12.8 Å². The Morgan fingerprint density at radius 1 is 0.960 bits per heavy atom. The number of nitrogens with zero attached hydrogens (tertiary/aromatic N) is 3. The van der Waals surface area contributed by atoms with Crippen molar-refractivity contribution in [1.29, 1.82) is 0 Å². The van der Waals surface area contributed by atoms with Crippen LogP contribution in [0.2, 0.25) is 5.02 Å². The first-order valence-electron chi connectivity index (χ1n) is 16.1. The number of likely N-dealkylation sites (tertiary alicyclic amines) is 1. The third-order valence-electron chi connectivity index (χ3n) is 9.95. The minimum absolute atomic E-state index is 0.00864. The number of nitrogens with one attached hydrogen (secondary N) is 1. The second-order valence-electron chi connectivity index (χ2n) is 12.9. The van der Waals surface area contributed by atoms with Crippen molar-refractivity contribution in [2.24, 2.45) is 5.92 Å². The number of carbonyl (C=O) groups excluding carboxylic acids is 2. The van der Waals surface area contributed by atoms with Gasteiger partial charge in [-0.3, -0.25) is 18.9 Å². The first kappa shape index (κ1) is 34.0. The van der Waals surface area contributed by atoms with Crippen LogP contribution >= 0.6 is 11.6 Å². The number of alkyl halides is 3. The molecule has 7 rings (SSSR count). The SMILES string of the molecule is O=C(NCc1ncccc1C(F)(F)F)c1ccc2c(c1)C1(CCN(C(=O)c3ccccc3Cl)CC1)C(C1CC1)N2S(=O)(=O)c1ccc(F)cc1. The van der Waals surface area contributed by atoms with Crippen LogP contribution in [-0.2, 0) is 28.2 Å². The lowest BCUT2D eigenvalue weighted by molar-refractivity contribution is -0.138. The normalized spacial score (nSPS) is 18.6. The van der Waals surface area contributed by atoms with E-state index in [0.29, 0.717) is 34.7 Å². The van der Waals surface area contributed by atoms with Crippen molar-refractivity contribution in [3.05, 3.63) is 124 Å². The Balaban J connectivity index is 1.26. The molecule has 2 fully saturated rings. The first-order chi connectivity index (χ1) is 23.8. The molecule has 2 aliphatic heterocycles. The number of hydrogen-bond acceptors (Lipinski definition) is 5. The summed E-state index contributed by atoms with van der Waals surface area (Å²) in [6, 6.07) is 17.5. The Bertz CT molecular complexity index is 2080. The molecule has 50 heavy (non-hydrogen) atoms. The minimum Gasteiger partial charge on any atom is -0.346 e. The molecule has 8 nitrogen and oxygen atoms in total. The second-order valence-corrected chi connectivity index (χ2v) is 15.1. The molecule has 2 amide bonds. The zero-order valence-electron chi connectivity index (χ0n) is 26.5. The van der Waals surface area contributed by atoms with E-state index in [4.69, 9.17) is 11.6 Å². The lowest BCUT2D eigenvalue weighted by atomic mass is 9.68. The summed E-state index contributed by atoms with van der Waals surface area (Å²) >= 11 is 6.34. The Kier molecular flexibility index (Phi) is 8.62. The maximum atomic E-state index is 14.4. The predicted molar refractivity (Wildman–Crippen MR) is 178 cm³/mol. The third-order valence-corrected chi connectivity index (χ3v) is 12.1. The van der Waals surface area contributed by atoms with Crippen molar-refractivity contribution >= 4 is 39.1 Å². The van der Waals surface area contributed by atoms with Gasteiger partial charge in [0.15, 0.2) is 0 Å². The zero-order valence-corrected chi connectivity index (χ0v) is 28.0. The van der Waals surface area contributed by atoms with E-state index in [1.165, 1.54) is 34.8 Å². The number of carbonyl (C=O) groups is 2. The maximum Gasteiger partial charge on any atom is 0.418 e. The number of anilines is 1. The summed E-state index contributed by atoms with van der Waals surface area (Å²) in [6.45, 7) is 0.0899. The van der Waals surface area contributed by atoms with E-state index in [0.717, 1.165) is 31.0 Å². The van der Waals surface area contributed by atoms with Gasteiger partial charge in [-0.1, -0.05) is 23.7 Å². The van der Waals surface area contributed by atoms with Crippen LogP contribution < -0.4 is 9.62 Å². The summed E-state index contributed by atoms with van der Waals surface area (Å²) in [7, 11) is -4.22. The highest BCUT2D eigenvalue weighted by molar-refractivity contribution is 7.93. The number of fused-ring (bicyclic) bond motifs is 2. The molecule has 1 aromatic heterocycles. The molecule has 1 saturated carbocycles. The van der Waals surface area contributed by atoms with Crippen LogP contribution in [0.15, 0.2) is 90.0 Å².